The van der Waals surface area contributed by atoms with Gasteiger partial charge in [-0.2, -0.15) is 0 Å². The van der Waals surface area contributed by atoms with Crippen LogP contribution in [0.5, 0.6) is 11.5 Å². The number of ether oxygens (including phenoxy) is 2. The lowest BCUT2D eigenvalue weighted by Gasteiger charge is -2.17. The summed E-state index contributed by atoms with van der Waals surface area (Å²) in [6.45, 7) is 0.285. The third-order valence-electron chi connectivity index (χ3n) is 3.21. The minimum Gasteiger partial charge on any atom is -0.454 e. The molecule has 0 saturated carbocycles. The normalized spacial score (nSPS) is 12.7. The lowest BCUT2D eigenvalue weighted by Crippen LogP contribution is -2.68. The summed E-state index contributed by atoms with van der Waals surface area (Å²) in [4.78, 5) is 0. The van der Waals surface area contributed by atoms with E-state index >= 15 is 0 Å². The second kappa shape index (κ2) is 6.60. The Hall–Kier alpha value is -2.42. The van der Waals surface area contributed by atoms with Crippen LogP contribution >= 0.6 is 0 Å². The highest BCUT2D eigenvalue weighted by Gasteiger charge is 2.19. The van der Waals surface area contributed by atoms with Gasteiger partial charge in [0, 0.05) is 18.2 Å². The van der Waals surface area contributed by atoms with Gasteiger partial charge >= 0.3 is 11.3 Å². The SMILES string of the molecule is [O-][Cl+3]([O-])([O-])[O-].c1ccc2[o+]c(-c3ccc4c(c3)OCO4)ccc2c1. The molecule has 0 spiro atoms. The van der Waals surface area contributed by atoms with Gasteiger partial charge in [-0.05, 0) is 24.3 Å². The highest BCUT2D eigenvalue weighted by atomic mass is 35.7. The average molecular weight is 351 g/mol. The van der Waals surface area contributed by atoms with Gasteiger partial charge in [0.05, 0.1) is 10.9 Å². The highest BCUT2D eigenvalue weighted by Crippen LogP contribution is 2.36. The maximum atomic E-state index is 8.49. The molecule has 3 aromatic rings. The van der Waals surface area contributed by atoms with Gasteiger partial charge in [0.15, 0.2) is 11.5 Å². The maximum absolute atomic E-state index is 8.49. The number of para-hydroxylation sites is 1. The minimum absolute atomic E-state index is 0.285. The predicted molar refractivity (Wildman–Crippen MR) is 72.2 cm³/mol. The maximum Gasteiger partial charge on any atom is 0.360 e. The van der Waals surface area contributed by atoms with Crippen molar-refractivity contribution < 1.29 is 42.8 Å². The summed E-state index contributed by atoms with van der Waals surface area (Å²) in [6.07, 6.45) is 0. The van der Waals surface area contributed by atoms with Crippen LogP contribution in [0.1, 0.15) is 0 Å². The Kier molecular flexibility index (Phi) is 4.52. The summed E-state index contributed by atoms with van der Waals surface area (Å²) < 4.78 is 50.6. The molecule has 2 heterocycles. The van der Waals surface area contributed by atoms with Crippen molar-refractivity contribution in [3.63, 3.8) is 0 Å². The van der Waals surface area contributed by atoms with Crippen LogP contribution in [0.15, 0.2) is 59.0 Å². The van der Waals surface area contributed by atoms with E-state index in [4.69, 9.17) is 32.5 Å². The largest absolute Gasteiger partial charge is 0.454 e. The summed E-state index contributed by atoms with van der Waals surface area (Å²) in [6, 6.07) is 17.8. The van der Waals surface area contributed by atoms with Crippen LogP contribution in [0.3, 0.4) is 0 Å². The molecule has 124 valence electrons. The molecule has 8 heteroatoms. The average Bonchev–Trinajstić information content (AvgIpc) is 3.00. The van der Waals surface area contributed by atoms with E-state index in [1.54, 1.807) is 0 Å². The van der Waals surface area contributed by atoms with Crippen molar-refractivity contribution in [1.82, 2.24) is 0 Å². The Morgan fingerprint density at radius 3 is 2.33 bits per heavy atom. The van der Waals surface area contributed by atoms with Crippen molar-refractivity contribution in [2.75, 3.05) is 6.79 Å². The molecule has 2 aromatic carbocycles. The third kappa shape index (κ3) is 4.10. The molecule has 1 aliphatic rings. The number of fused-ring (bicyclic) bond motifs is 2. The lowest BCUT2D eigenvalue weighted by atomic mass is 10.1. The number of rotatable bonds is 1. The number of halogens is 1. The van der Waals surface area contributed by atoms with E-state index in [0.717, 1.165) is 33.8 Å². The Bertz CT molecular complexity index is 854. The number of hydrogen-bond donors (Lipinski definition) is 0. The second-order valence-electron chi connectivity index (χ2n) is 4.78. The minimum atomic E-state index is -4.94. The van der Waals surface area contributed by atoms with Gasteiger partial charge in [0.25, 0.3) is 0 Å². The van der Waals surface area contributed by atoms with E-state index < -0.39 is 10.2 Å². The van der Waals surface area contributed by atoms with Crippen LogP contribution in [-0.2, 0) is 0 Å². The van der Waals surface area contributed by atoms with Crippen LogP contribution in [0.4, 0.5) is 0 Å². The van der Waals surface area contributed by atoms with Crippen molar-refractivity contribution in [3.8, 4) is 22.8 Å². The molecule has 1 aromatic heterocycles. The fraction of sp³-hybridized carbons (Fsp3) is 0.0625. The summed E-state index contributed by atoms with van der Waals surface area (Å²) in [5.74, 6) is 2.36. The van der Waals surface area contributed by atoms with Gasteiger partial charge in [-0.3, -0.25) is 0 Å². The van der Waals surface area contributed by atoms with Gasteiger partial charge in [-0.25, -0.2) is 23.1 Å². The molecule has 0 N–H and O–H groups in total. The van der Waals surface area contributed by atoms with E-state index in [-0.39, 0.29) is 6.79 Å². The second-order valence-corrected chi connectivity index (χ2v) is 5.54. The van der Waals surface area contributed by atoms with Gasteiger partial charge in [0.1, 0.15) is 0 Å². The zero-order valence-corrected chi connectivity index (χ0v) is 12.9. The van der Waals surface area contributed by atoms with Crippen molar-refractivity contribution in [1.29, 1.82) is 0 Å². The molecule has 24 heavy (non-hydrogen) atoms. The molecular formula is C16H11ClO7. The number of hydrogen-bond acceptors (Lipinski definition) is 6. The summed E-state index contributed by atoms with van der Waals surface area (Å²) in [5.41, 5.74) is 1.85. The molecule has 0 radical (unpaired) electrons. The summed E-state index contributed by atoms with van der Waals surface area (Å²) >= 11 is 0. The fourth-order valence-electron chi connectivity index (χ4n) is 2.23. The van der Waals surface area contributed by atoms with E-state index in [2.05, 4.69) is 6.07 Å². The van der Waals surface area contributed by atoms with E-state index in [9.17, 15) is 0 Å². The van der Waals surface area contributed by atoms with Crippen molar-refractivity contribution >= 4 is 11.0 Å². The monoisotopic (exact) mass is 350 g/mol. The van der Waals surface area contributed by atoms with Crippen molar-refractivity contribution in [2.45, 2.75) is 0 Å². The van der Waals surface area contributed by atoms with Crippen LogP contribution in [0, 0.1) is 10.2 Å². The Balaban J connectivity index is 0.000000300. The molecule has 0 fully saturated rings. The fourth-order valence-corrected chi connectivity index (χ4v) is 2.23. The van der Waals surface area contributed by atoms with E-state index in [0.29, 0.717) is 0 Å². The predicted octanol–water partition coefficient (Wildman–Crippen LogP) is -0.646. The molecule has 0 bridgehead atoms. The smallest absolute Gasteiger partial charge is 0.360 e. The van der Waals surface area contributed by atoms with Crippen LogP contribution in [-0.4, -0.2) is 6.79 Å². The first kappa shape index (κ1) is 16.4. The topological polar surface area (TPSA) is 122 Å². The van der Waals surface area contributed by atoms with Crippen molar-refractivity contribution in [3.05, 3.63) is 54.6 Å². The summed E-state index contributed by atoms with van der Waals surface area (Å²) in [7, 11) is -4.94. The molecule has 0 saturated heterocycles. The van der Waals surface area contributed by atoms with Crippen LogP contribution in [0.2, 0.25) is 0 Å². The molecule has 0 amide bonds. The highest BCUT2D eigenvalue weighted by molar-refractivity contribution is 5.78. The Labute approximate surface area is 138 Å². The molecule has 0 unspecified atom stereocenters. The van der Waals surface area contributed by atoms with Crippen molar-refractivity contribution in [2.24, 2.45) is 0 Å². The van der Waals surface area contributed by atoms with E-state index in [1.165, 1.54) is 0 Å². The van der Waals surface area contributed by atoms with Crippen LogP contribution < -0.4 is 28.1 Å². The Morgan fingerprint density at radius 2 is 1.54 bits per heavy atom. The zero-order valence-electron chi connectivity index (χ0n) is 12.1. The summed E-state index contributed by atoms with van der Waals surface area (Å²) in [5, 5.41) is 1.09. The molecule has 1 aliphatic heterocycles. The van der Waals surface area contributed by atoms with Gasteiger partial charge < -0.3 is 9.47 Å². The van der Waals surface area contributed by atoms with E-state index in [1.807, 2.05) is 48.5 Å². The molecule has 7 nitrogen and oxygen atoms in total. The van der Waals surface area contributed by atoms with Crippen LogP contribution in [0.25, 0.3) is 22.3 Å². The molecule has 0 atom stereocenters. The number of benzene rings is 2. The molecule has 0 aliphatic carbocycles. The quantitative estimate of drug-likeness (QED) is 0.534. The standard InChI is InChI=1S/C16H11O3.ClHO4/c1-2-4-13-11(3-1)5-7-14(19-13)12-6-8-15-16(9-12)18-10-17-15;2-1(3,4)5/h1-9H,10H2;(H,2,3,4,5)/q+1;/p-1. The molecular weight excluding hydrogens is 340 g/mol. The van der Waals surface area contributed by atoms with Gasteiger partial charge in [-0.1, -0.05) is 12.1 Å². The van der Waals surface area contributed by atoms with Gasteiger partial charge in [0.2, 0.25) is 6.79 Å². The lowest BCUT2D eigenvalue weighted by molar-refractivity contribution is -2.00. The third-order valence-corrected chi connectivity index (χ3v) is 3.21. The first-order chi connectivity index (χ1) is 11.4. The first-order valence-corrected chi connectivity index (χ1v) is 7.97. The Morgan fingerprint density at radius 1 is 0.833 bits per heavy atom. The first-order valence-electron chi connectivity index (χ1n) is 6.74. The molecule has 4 rings (SSSR count). The zero-order chi connectivity index (χ0) is 17.2. The van der Waals surface area contributed by atoms with Gasteiger partial charge in [-0.15, -0.1) is 10.2 Å².